The van der Waals surface area contributed by atoms with Gasteiger partial charge in [-0.25, -0.2) is 23.5 Å². The Morgan fingerprint density at radius 1 is 1.06 bits per heavy atom. The lowest BCUT2D eigenvalue weighted by Gasteiger charge is -2.25. The normalized spacial score (nSPS) is 19.0. The fraction of sp³-hybridized carbons (Fsp3) is 0.160. The first-order chi connectivity index (χ1) is 16.3. The Bertz CT molecular complexity index is 1430. The van der Waals surface area contributed by atoms with Gasteiger partial charge in [-0.1, -0.05) is 48.0 Å². The van der Waals surface area contributed by atoms with Gasteiger partial charge in [0, 0.05) is 11.4 Å². The van der Waals surface area contributed by atoms with Crippen LogP contribution in [0.2, 0.25) is 5.02 Å². The molecule has 172 valence electrons. The van der Waals surface area contributed by atoms with Gasteiger partial charge in [0.2, 0.25) is 0 Å². The Morgan fingerprint density at radius 2 is 1.82 bits per heavy atom. The van der Waals surface area contributed by atoms with Crippen molar-refractivity contribution in [1.82, 2.24) is 14.9 Å². The van der Waals surface area contributed by atoms with Gasteiger partial charge in [0.25, 0.3) is 11.5 Å². The summed E-state index contributed by atoms with van der Waals surface area (Å²) >= 11 is 6.09. The number of hydrogen-bond acceptors (Lipinski definition) is 4. The number of nitrogens with zero attached hydrogens (tertiary/aromatic N) is 2. The highest BCUT2D eigenvalue weighted by Gasteiger charge is 2.58. The maximum absolute atomic E-state index is 13.9. The number of imidazole rings is 1. The molecular formula is C25H18ClF2N3O3. The first-order valence-electron chi connectivity index (χ1n) is 10.5. The summed E-state index contributed by atoms with van der Waals surface area (Å²) in [6.45, 7) is 1.54. The van der Waals surface area contributed by atoms with Crippen LogP contribution in [0.5, 0.6) is 0 Å². The predicted octanol–water partition coefficient (Wildman–Crippen LogP) is 5.67. The first kappa shape index (κ1) is 22.0. The lowest BCUT2D eigenvalue weighted by molar-refractivity contribution is -0.139. The van der Waals surface area contributed by atoms with E-state index in [1.165, 1.54) is 6.07 Å². The molecule has 0 radical (unpaired) electrons. The zero-order valence-electron chi connectivity index (χ0n) is 17.9. The average molecular weight is 482 g/mol. The number of nitrogens with one attached hydrogen (secondary N) is 1. The molecule has 1 saturated heterocycles. The van der Waals surface area contributed by atoms with Gasteiger partial charge >= 0.3 is 6.09 Å². The summed E-state index contributed by atoms with van der Waals surface area (Å²) < 4.78 is 33.1. The molecule has 1 aliphatic rings. The van der Waals surface area contributed by atoms with Crippen molar-refractivity contribution in [3.8, 4) is 0 Å². The number of H-pyrrole nitrogens is 1. The number of rotatable bonds is 5. The lowest BCUT2D eigenvalue weighted by atomic mass is 9.92. The van der Waals surface area contributed by atoms with E-state index in [-0.39, 0.29) is 17.8 Å². The number of amides is 2. The van der Waals surface area contributed by atoms with Crippen LogP contribution < -0.4 is 0 Å². The van der Waals surface area contributed by atoms with Crippen molar-refractivity contribution in [3.63, 3.8) is 0 Å². The number of aromatic amines is 1. The number of halogens is 3. The van der Waals surface area contributed by atoms with Crippen LogP contribution in [-0.4, -0.2) is 26.9 Å². The molecule has 4 aromatic rings. The highest BCUT2D eigenvalue weighted by molar-refractivity contribution is 6.31. The number of fused-ring (bicyclic) bond motifs is 1. The smallest absolute Gasteiger partial charge is 0.418 e. The Morgan fingerprint density at radius 3 is 2.56 bits per heavy atom. The third kappa shape index (κ3) is 3.60. The second kappa shape index (κ2) is 8.22. The van der Waals surface area contributed by atoms with Gasteiger partial charge in [-0.15, -0.1) is 0 Å². The molecule has 0 spiro atoms. The van der Waals surface area contributed by atoms with E-state index in [4.69, 9.17) is 16.3 Å². The Kier molecular flexibility index (Phi) is 5.32. The largest absolute Gasteiger partial charge is 0.424 e. The van der Waals surface area contributed by atoms with Gasteiger partial charge in [0.05, 0.1) is 17.1 Å². The molecule has 3 aromatic carbocycles. The number of cyclic esters (lactones) is 1. The number of ether oxygens (including phenoxy) is 1. The minimum Gasteiger partial charge on any atom is -0.424 e. The van der Waals surface area contributed by atoms with E-state index >= 15 is 0 Å². The maximum atomic E-state index is 13.9. The molecule has 1 fully saturated rings. The SMILES string of the molecule is CC(c1ccc(F)c(F)c1)N1C(=O)OC(Cc2ccccc2)(c2nc3ccc(Cl)cc3[nH]2)C1=O. The lowest BCUT2D eigenvalue weighted by Crippen LogP contribution is -2.42. The third-order valence-corrected chi connectivity index (χ3v) is 6.19. The van der Waals surface area contributed by atoms with Crippen LogP contribution in [0.1, 0.15) is 29.9 Å². The van der Waals surface area contributed by atoms with E-state index in [1.807, 2.05) is 30.3 Å². The molecule has 2 unspecified atom stereocenters. The van der Waals surface area contributed by atoms with Crippen LogP contribution in [0, 0.1) is 11.6 Å². The Hall–Kier alpha value is -3.78. The van der Waals surface area contributed by atoms with E-state index in [9.17, 15) is 18.4 Å². The van der Waals surface area contributed by atoms with Gasteiger partial charge in [0.15, 0.2) is 17.5 Å². The summed E-state index contributed by atoms with van der Waals surface area (Å²) in [5.74, 6) is -2.62. The van der Waals surface area contributed by atoms with Gasteiger partial charge in [-0.05, 0) is 48.4 Å². The van der Waals surface area contributed by atoms with E-state index < -0.39 is 35.3 Å². The minimum atomic E-state index is -1.78. The van der Waals surface area contributed by atoms with Crippen molar-refractivity contribution in [2.75, 3.05) is 0 Å². The second-order valence-electron chi connectivity index (χ2n) is 8.13. The van der Waals surface area contributed by atoms with Crippen molar-refractivity contribution >= 4 is 34.6 Å². The Balaban J connectivity index is 1.61. The summed E-state index contributed by atoms with van der Waals surface area (Å²) in [7, 11) is 0. The van der Waals surface area contributed by atoms with Gasteiger partial charge in [-0.2, -0.15) is 0 Å². The summed E-state index contributed by atoms with van der Waals surface area (Å²) in [5, 5.41) is 0.475. The second-order valence-corrected chi connectivity index (χ2v) is 8.57. The molecule has 2 amide bonds. The molecule has 2 heterocycles. The van der Waals surface area contributed by atoms with Gasteiger partial charge in [0.1, 0.15) is 0 Å². The predicted molar refractivity (Wildman–Crippen MR) is 121 cm³/mol. The summed E-state index contributed by atoms with van der Waals surface area (Å²) in [5.41, 5.74) is 0.325. The molecule has 34 heavy (non-hydrogen) atoms. The highest BCUT2D eigenvalue weighted by atomic mass is 35.5. The molecule has 0 aliphatic carbocycles. The van der Waals surface area contributed by atoms with E-state index in [2.05, 4.69) is 9.97 Å². The number of hydrogen-bond donors (Lipinski definition) is 1. The van der Waals surface area contributed by atoms with Crippen LogP contribution in [0.3, 0.4) is 0 Å². The molecule has 6 nitrogen and oxygen atoms in total. The number of imide groups is 1. The van der Waals surface area contributed by atoms with E-state index in [1.54, 1.807) is 25.1 Å². The maximum Gasteiger partial charge on any atom is 0.418 e. The number of carbonyl (C=O) groups is 2. The highest BCUT2D eigenvalue weighted by Crippen LogP contribution is 2.41. The van der Waals surface area contributed by atoms with Crippen molar-refractivity contribution in [1.29, 1.82) is 0 Å². The van der Waals surface area contributed by atoms with Crippen LogP contribution in [0.4, 0.5) is 13.6 Å². The van der Waals surface area contributed by atoms with Crippen LogP contribution in [0.25, 0.3) is 11.0 Å². The molecular weight excluding hydrogens is 464 g/mol. The molecule has 0 saturated carbocycles. The Labute approximate surface area is 198 Å². The van der Waals surface area contributed by atoms with E-state index in [0.29, 0.717) is 16.1 Å². The van der Waals surface area contributed by atoms with Crippen molar-refractivity contribution in [2.24, 2.45) is 0 Å². The zero-order valence-corrected chi connectivity index (χ0v) is 18.6. The molecule has 1 aliphatic heterocycles. The average Bonchev–Trinajstić information content (AvgIpc) is 3.34. The van der Waals surface area contributed by atoms with Gasteiger partial charge in [-0.3, -0.25) is 4.79 Å². The van der Waals surface area contributed by atoms with Crippen molar-refractivity contribution in [2.45, 2.75) is 25.0 Å². The number of benzene rings is 3. The minimum absolute atomic E-state index is 0.0208. The van der Waals surface area contributed by atoms with E-state index in [0.717, 1.165) is 22.6 Å². The van der Waals surface area contributed by atoms with Crippen LogP contribution in [-0.2, 0) is 21.6 Å². The zero-order chi connectivity index (χ0) is 24.0. The van der Waals surface area contributed by atoms with Crippen LogP contribution >= 0.6 is 11.6 Å². The fourth-order valence-corrected chi connectivity index (χ4v) is 4.35. The summed E-state index contributed by atoms with van der Waals surface area (Å²) in [6, 6.07) is 16.4. The molecule has 1 aromatic heterocycles. The molecule has 9 heteroatoms. The number of carbonyl (C=O) groups excluding carboxylic acids is 2. The summed E-state index contributed by atoms with van der Waals surface area (Å²) in [6.07, 6.45) is -0.885. The quantitative estimate of drug-likeness (QED) is 0.398. The topological polar surface area (TPSA) is 75.3 Å². The fourth-order valence-electron chi connectivity index (χ4n) is 4.18. The van der Waals surface area contributed by atoms with Crippen molar-refractivity contribution in [3.05, 3.63) is 100 Å². The van der Waals surface area contributed by atoms with Gasteiger partial charge < -0.3 is 9.72 Å². The monoisotopic (exact) mass is 481 g/mol. The molecule has 1 N–H and O–H groups in total. The third-order valence-electron chi connectivity index (χ3n) is 5.96. The van der Waals surface area contributed by atoms with Crippen LogP contribution in [0.15, 0.2) is 66.7 Å². The molecule has 2 atom stereocenters. The molecule has 0 bridgehead atoms. The molecule has 5 rings (SSSR count). The first-order valence-corrected chi connectivity index (χ1v) is 10.9. The van der Waals surface area contributed by atoms with Crippen molar-refractivity contribution < 1.29 is 23.1 Å². The number of aromatic nitrogens is 2. The standard InChI is InChI=1S/C25H18ClF2N3O3/c1-14(16-7-9-18(27)19(28)11-16)31-23(32)25(34-24(31)33,13-15-5-3-2-4-6-15)22-29-20-10-8-17(26)12-21(20)30-22/h2-12,14H,13H2,1H3,(H,29,30). The summed E-state index contributed by atoms with van der Waals surface area (Å²) in [4.78, 5) is 35.5.